The maximum atomic E-state index is 12.0. The van der Waals surface area contributed by atoms with E-state index in [0.717, 1.165) is 10.2 Å². The molecule has 1 aromatic heterocycles. The van der Waals surface area contributed by atoms with Gasteiger partial charge in [-0.25, -0.2) is 0 Å². The Bertz CT molecular complexity index is 578. The van der Waals surface area contributed by atoms with Crippen molar-refractivity contribution in [3.8, 4) is 5.75 Å². The standard InChI is InChI=1S/C14H14BrN3O2/c1-18(9-11-8-16-6-7-17-11)14(19)10-20-13-5-3-2-4-12(13)15/h2-8H,9-10H2,1H3. The summed E-state index contributed by atoms with van der Waals surface area (Å²) in [6.45, 7) is 0.394. The third-order valence-corrected chi connectivity index (χ3v) is 3.28. The summed E-state index contributed by atoms with van der Waals surface area (Å²) in [5, 5.41) is 0. The van der Waals surface area contributed by atoms with Gasteiger partial charge in [0.05, 0.1) is 22.9 Å². The first-order chi connectivity index (χ1) is 9.66. The van der Waals surface area contributed by atoms with E-state index in [-0.39, 0.29) is 12.5 Å². The average Bonchev–Trinajstić information content (AvgIpc) is 2.47. The second kappa shape index (κ2) is 7.00. The molecule has 0 aliphatic carbocycles. The van der Waals surface area contributed by atoms with Crippen LogP contribution in [0.1, 0.15) is 5.69 Å². The number of likely N-dealkylation sites (N-methyl/N-ethyl adjacent to an activating group) is 1. The number of para-hydroxylation sites is 1. The van der Waals surface area contributed by atoms with Crippen molar-refractivity contribution in [2.75, 3.05) is 13.7 Å². The van der Waals surface area contributed by atoms with E-state index in [0.29, 0.717) is 12.3 Å². The van der Waals surface area contributed by atoms with Crippen molar-refractivity contribution in [2.24, 2.45) is 0 Å². The van der Waals surface area contributed by atoms with Gasteiger partial charge in [-0.1, -0.05) is 12.1 Å². The topological polar surface area (TPSA) is 55.3 Å². The summed E-state index contributed by atoms with van der Waals surface area (Å²) >= 11 is 3.37. The molecule has 0 atom stereocenters. The molecular weight excluding hydrogens is 322 g/mol. The van der Waals surface area contributed by atoms with Crippen molar-refractivity contribution in [3.63, 3.8) is 0 Å². The molecule has 20 heavy (non-hydrogen) atoms. The molecule has 0 aliphatic rings. The molecule has 1 amide bonds. The lowest BCUT2D eigenvalue weighted by Gasteiger charge is -2.17. The monoisotopic (exact) mass is 335 g/mol. The summed E-state index contributed by atoms with van der Waals surface area (Å²) in [6, 6.07) is 7.41. The molecule has 0 spiro atoms. The maximum absolute atomic E-state index is 12.0. The summed E-state index contributed by atoms with van der Waals surface area (Å²) in [5.41, 5.74) is 0.740. The molecular formula is C14H14BrN3O2. The van der Waals surface area contributed by atoms with Gasteiger partial charge in [0.15, 0.2) is 6.61 Å². The van der Waals surface area contributed by atoms with Gasteiger partial charge in [-0.2, -0.15) is 0 Å². The van der Waals surface area contributed by atoms with Gasteiger partial charge in [0.2, 0.25) is 0 Å². The van der Waals surface area contributed by atoms with E-state index in [1.165, 1.54) is 0 Å². The number of nitrogens with zero attached hydrogens (tertiary/aromatic N) is 3. The van der Waals surface area contributed by atoms with E-state index in [2.05, 4.69) is 25.9 Å². The molecule has 0 saturated carbocycles. The predicted molar refractivity (Wildman–Crippen MR) is 78.1 cm³/mol. The summed E-state index contributed by atoms with van der Waals surface area (Å²) in [6.07, 6.45) is 4.84. The molecule has 1 heterocycles. The van der Waals surface area contributed by atoms with Gasteiger partial charge in [-0.15, -0.1) is 0 Å². The minimum absolute atomic E-state index is 0.0145. The van der Waals surface area contributed by atoms with Crippen LogP contribution < -0.4 is 4.74 Å². The highest BCUT2D eigenvalue weighted by molar-refractivity contribution is 9.10. The lowest BCUT2D eigenvalue weighted by Crippen LogP contribution is -2.31. The molecule has 0 unspecified atom stereocenters. The Morgan fingerprint density at radius 1 is 1.35 bits per heavy atom. The number of carbonyl (C=O) groups excluding carboxylic acids is 1. The molecule has 0 radical (unpaired) electrons. The predicted octanol–water partition coefficient (Wildman–Crippen LogP) is 2.28. The van der Waals surface area contributed by atoms with E-state index in [9.17, 15) is 4.79 Å². The van der Waals surface area contributed by atoms with Gasteiger partial charge in [0, 0.05) is 19.4 Å². The van der Waals surface area contributed by atoms with Crippen molar-refractivity contribution in [2.45, 2.75) is 6.54 Å². The number of hydrogen-bond acceptors (Lipinski definition) is 4. The maximum Gasteiger partial charge on any atom is 0.260 e. The first kappa shape index (κ1) is 14.5. The van der Waals surface area contributed by atoms with E-state index in [1.807, 2.05) is 18.2 Å². The molecule has 0 aliphatic heterocycles. The van der Waals surface area contributed by atoms with E-state index < -0.39 is 0 Å². The normalized spacial score (nSPS) is 10.1. The van der Waals surface area contributed by atoms with Gasteiger partial charge in [-0.3, -0.25) is 14.8 Å². The fraction of sp³-hybridized carbons (Fsp3) is 0.214. The Kier molecular flexibility index (Phi) is 5.06. The molecule has 0 fully saturated rings. The first-order valence-electron chi connectivity index (χ1n) is 6.03. The molecule has 0 N–H and O–H groups in total. The zero-order chi connectivity index (χ0) is 14.4. The number of rotatable bonds is 5. The van der Waals surface area contributed by atoms with Crippen LogP contribution in [0.4, 0.5) is 0 Å². The number of benzene rings is 1. The minimum Gasteiger partial charge on any atom is -0.483 e. The molecule has 2 rings (SSSR count). The highest BCUT2D eigenvalue weighted by Crippen LogP contribution is 2.23. The Morgan fingerprint density at radius 2 is 2.15 bits per heavy atom. The Labute approximate surface area is 125 Å². The van der Waals surface area contributed by atoms with Crippen LogP contribution >= 0.6 is 15.9 Å². The Balaban J connectivity index is 1.87. The lowest BCUT2D eigenvalue weighted by atomic mass is 10.3. The van der Waals surface area contributed by atoms with Gasteiger partial charge >= 0.3 is 0 Å². The molecule has 104 valence electrons. The van der Waals surface area contributed by atoms with Crippen molar-refractivity contribution < 1.29 is 9.53 Å². The van der Waals surface area contributed by atoms with Crippen LogP contribution in [0.3, 0.4) is 0 Å². The van der Waals surface area contributed by atoms with Crippen LogP contribution in [-0.4, -0.2) is 34.4 Å². The van der Waals surface area contributed by atoms with Gasteiger partial charge in [0.25, 0.3) is 5.91 Å². The third-order valence-electron chi connectivity index (χ3n) is 2.63. The first-order valence-corrected chi connectivity index (χ1v) is 6.82. The van der Waals surface area contributed by atoms with Gasteiger partial charge in [-0.05, 0) is 28.1 Å². The molecule has 6 heteroatoms. The summed E-state index contributed by atoms with van der Waals surface area (Å²) in [4.78, 5) is 21.6. The summed E-state index contributed by atoms with van der Waals surface area (Å²) < 4.78 is 6.31. The van der Waals surface area contributed by atoms with Crippen molar-refractivity contribution in [1.29, 1.82) is 0 Å². The minimum atomic E-state index is -0.119. The van der Waals surface area contributed by atoms with E-state index in [1.54, 1.807) is 36.6 Å². The Hall–Kier alpha value is -1.95. The molecule has 0 saturated heterocycles. The molecule has 5 nitrogen and oxygen atoms in total. The van der Waals surface area contributed by atoms with Crippen LogP contribution in [-0.2, 0) is 11.3 Å². The van der Waals surface area contributed by atoms with Crippen LogP contribution in [0.5, 0.6) is 5.75 Å². The fourth-order valence-electron chi connectivity index (χ4n) is 1.55. The summed E-state index contributed by atoms with van der Waals surface area (Å²) in [5.74, 6) is 0.528. The summed E-state index contributed by atoms with van der Waals surface area (Å²) in [7, 11) is 1.71. The van der Waals surface area contributed by atoms with Crippen molar-refractivity contribution in [3.05, 3.63) is 53.0 Å². The van der Waals surface area contributed by atoms with Crippen molar-refractivity contribution in [1.82, 2.24) is 14.9 Å². The molecule has 2 aromatic rings. The SMILES string of the molecule is CN(Cc1cnccn1)C(=O)COc1ccccc1Br. The van der Waals surface area contributed by atoms with Gasteiger partial charge in [0.1, 0.15) is 5.75 Å². The van der Waals surface area contributed by atoms with Crippen LogP contribution in [0, 0.1) is 0 Å². The molecule has 0 bridgehead atoms. The number of carbonyl (C=O) groups is 1. The second-order valence-electron chi connectivity index (χ2n) is 4.17. The Morgan fingerprint density at radius 3 is 2.85 bits per heavy atom. The number of halogens is 1. The fourth-order valence-corrected chi connectivity index (χ4v) is 1.95. The number of hydrogen-bond donors (Lipinski definition) is 0. The zero-order valence-corrected chi connectivity index (χ0v) is 12.6. The van der Waals surface area contributed by atoms with Gasteiger partial charge < -0.3 is 9.64 Å². The highest BCUT2D eigenvalue weighted by Gasteiger charge is 2.11. The lowest BCUT2D eigenvalue weighted by molar-refractivity contribution is -0.132. The number of amides is 1. The number of ether oxygens (including phenoxy) is 1. The largest absolute Gasteiger partial charge is 0.483 e. The third kappa shape index (κ3) is 4.03. The van der Waals surface area contributed by atoms with Crippen LogP contribution in [0.25, 0.3) is 0 Å². The smallest absolute Gasteiger partial charge is 0.260 e. The molecule has 1 aromatic carbocycles. The highest BCUT2D eigenvalue weighted by atomic mass is 79.9. The van der Waals surface area contributed by atoms with Crippen LogP contribution in [0.2, 0.25) is 0 Å². The second-order valence-corrected chi connectivity index (χ2v) is 5.02. The zero-order valence-electron chi connectivity index (χ0n) is 11.0. The quantitative estimate of drug-likeness (QED) is 0.841. The van der Waals surface area contributed by atoms with Crippen LogP contribution in [0.15, 0.2) is 47.3 Å². The number of aromatic nitrogens is 2. The van der Waals surface area contributed by atoms with E-state index in [4.69, 9.17) is 4.74 Å². The van der Waals surface area contributed by atoms with E-state index >= 15 is 0 Å². The van der Waals surface area contributed by atoms with Crippen molar-refractivity contribution >= 4 is 21.8 Å². The average molecular weight is 336 g/mol.